The number of benzene rings is 1. The van der Waals surface area contributed by atoms with E-state index >= 15 is 0 Å². The molecule has 1 aromatic carbocycles. The van der Waals surface area contributed by atoms with Crippen molar-refractivity contribution in [2.45, 2.75) is 53.0 Å². The Morgan fingerprint density at radius 1 is 1.12 bits per heavy atom. The average molecular weight is 231 g/mol. The lowest BCUT2D eigenvalue weighted by Crippen LogP contribution is -2.25. The monoisotopic (exact) mass is 231 g/mol. The zero-order valence-corrected chi connectivity index (χ0v) is 11.6. The third-order valence-corrected chi connectivity index (χ3v) is 4.46. The molecule has 1 saturated carbocycles. The number of hydrogen-bond donors (Lipinski definition) is 1. The molecule has 1 aliphatic carbocycles. The molecule has 1 fully saturated rings. The van der Waals surface area contributed by atoms with Crippen LogP contribution in [0.1, 0.15) is 54.5 Å². The Hall–Kier alpha value is -0.820. The van der Waals surface area contributed by atoms with E-state index in [4.69, 9.17) is 5.73 Å². The lowest BCUT2D eigenvalue weighted by Gasteiger charge is -2.27. The summed E-state index contributed by atoms with van der Waals surface area (Å²) in [6.45, 7) is 8.92. The van der Waals surface area contributed by atoms with Gasteiger partial charge in [-0.2, -0.15) is 0 Å². The molecule has 1 aromatic rings. The molecule has 0 saturated heterocycles. The van der Waals surface area contributed by atoms with E-state index in [0.29, 0.717) is 5.92 Å². The summed E-state index contributed by atoms with van der Waals surface area (Å²) in [4.78, 5) is 0. The minimum Gasteiger partial charge on any atom is -0.324 e. The number of aryl methyl sites for hydroxylation is 3. The lowest BCUT2D eigenvalue weighted by atomic mass is 9.82. The molecule has 2 rings (SSSR count). The second kappa shape index (κ2) is 4.81. The number of rotatable bonds is 2. The van der Waals surface area contributed by atoms with Crippen molar-refractivity contribution in [1.29, 1.82) is 0 Å². The molecule has 17 heavy (non-hydrogen) atoms. The largest absolute Gasteiger partial charge is 0.324 e. The van der Waals surface area contributed by atoms with Crippen molar-refractivity contribution >= 4 is 0 Å². The predicted molar refractivity (Wildman–Crippen MR) is 74.1 cm³/mol. The van der Waals surface area contributed by atoms with Crippen LogP contribution < -0.4 is 5.73 Å². The van der Waals surface area contributed by atoms with Gasteiger partial charge in [0.1, 0.15) is 0 Å². The van der Waals surface area contributed by atoms with Crippen LogP contribution in [-0.4, -0.2) is 0 Å². The fourth-order valence-electron chi connectivity index (χ4n) is 3.64. The van der Waals surface area contributed by atoms with Gasteiger partial charge in [0.15, 0.2) is 0 Å². The van der Waals surface area contributed by atoms with Gasteiger partial charge in [-0.05, 0) is 55.7 Å². The molecular weight excluding hydrogens is 206 g/mol. The van der Waals surface area contributed by atoms with E-state index < -0.39 is 0 Å². The predicted octanol–water partition coefficient (Wildman–Crippen LogP) is 4.05. The molecule has 0 amide bonds. The maximum atomic E-state index is 6.54. The molecule has 0 aromatic heterocycles. The van der Waals surface area contributed by atoms with E-state index in [0.717, 1.165) is 5.92 Å². The van der Waals surface area contributed by atoms with Gasteiger partial charge in [0.25, 0.3) is 0 Å². The van der Waals surface area contributed by atoms with Crippen LogP contribution in [-0.2, 0) is 0 Å². The van der Waals surface area contributed by atoms with E-state index in [9.17, 15) is 0 Å². The van der Waals surface area contributed by atoms with Gasteiger partial charge in [-0.25, -0.2) is 0 Å². The van der Waals surface area contributed by atoms with Crippen LogP contribution >= 0.6 is 0 Å². The van der Waals surface area contributed by atoms with Crippen LogP contribution in [0.3, 0.4) is 0 Å². The van der Waals surface area contributed by atoms with Crippen molar-refractivity contribution in [2.75, 3.05) is 0 Å². The van der Waals surface area contributed by atoms with Crippen molar-refractivity contribution in [1.82, 2.24) is 0 Å². The molecule has 1 nitrogen and oxygen atoms in total. The summed E-state index contributed by atoms with van der Waals surface area (Å²) >= 11 is 0. The standard InChI is InChI=1S/C16H25N/c1-10-8-12(3)15(13(4)9-10)16(17)14-7-5-6-11(14)2/h8-9,11,14,16H,5-7,17H2,1-4H3. The molecular formula is C16H25N. The summed E-state index contributed by atoms with van der Waals surface area (Å²) in [5.41, 5.74) is 12.0. The van der Waals surface area contributed by atoms with E-state index in [1.807, 2.05) is 0 Å². The SMILES string of the molecule is Cc1cc(C)c(C(N)C2CCCC2C)c(C)c1. The van der Waals surface area contributed by atoms with Crippen molar-refractivity contribution < 1.29 is 0 Å². The average Bonchev–Trinajstić information content (AvgIpc) is 2.62. The fraction of sp³-hybridized carbons (Fsp3) is 0.625. The molecule has 3 atom stereocenters. The first-order valence-electron chi connectivity index (χ1n) is 6.84. The first kappa shape index (κ1) is 12.6. The molecule has 0 bridgehead atoms. The number of nitrogens with two attached hydrogens (primary N) is 1. The van der Waals surface area contributed by atoms with Crippen LogP contribution in [0.2, 0.25) is 0 Å². The third kappa shape index (κ3) is 2.40. The van der Waals surface area contributed by atoms with Gasteiger partial charge in [0, 0.05) is 6.04 Å². The van der Waals surface area contributed by atoms with Gasteiger partial charge >= 0.3 is 0 Å². The zero-order valence-electron chi connectivity index (χ0n) is 11.6. The quantitative estimate of drug-likeness (QED) is 0.816. The third-order valence-electron chi connectivity index (χ3n) is 4.46. The molecule has 1 heteroatoms. The summed E-state index contributed by atoms with van der Waals surface area (Å²) in [5, 5.41) is 0. The molecule has 0 heterocycles. The van der Waals surface area contributed by atoms with Crippen LogP contribution in [0, 0.1) is 32.6 Å². The highest BCUT2D eigenvalue weighted by Crippen LogP contribution is 2.40. The van der Waals surface area contributed by atoms with Crippen molar-refractivity contribution in [3.8, 4) is 0 Å². The fourth-order valence-corrected chi connectivity index (χ4v) is 3.64. The molecule has 0 radical (unpaired) electrons. The molecule has 0 spiro atoms. The first-order chi connectivity index (χ1) is 8.00. The molecule has 3 unspecified atom stereocenters. The Labute approximate surface area is 105 Å². The maximum Gasteiger partial charge on any atom is 0.0331 e. The Morgan fingerprint density at radius 3 is 2.18 bits per heavy atom. The smallest absolute Gasteiger partial charge is 0.0331 e. The van der Waals surface area contributed by atoms with Crippen LogP contribution in [0.25, 0.3) is 0 Å². The minimum atomic E-state index is 0.230. The van der Waals surface area contributed by atoms with Crippen LogP contribution in [0.15, 0.2) is 12.1 Å². The first-order valence-corrected chi connectivity index (χ1v) is 6.84. The Morgan fingerprint density at radius 2 is 1.71 bits per heavy atom. The molecule has 94 valence electrons. The van der Waals surface area contributed by atoms with E-state index in [1.54, 1.807) is 0 Å². The number of hydrogen-bond acceptors (Lipinski definition) is 1. The highest BCUT2D eigenvalue weighted by Gasteiger charge is 2.30. The second-order valence-corrected chi connectivity index (χ2v) is 5.91. The minimum absolute atomic E-state index is 0.230. The maximum absolute atomic E-state index is 6.54. The summed E-state index contributed by atoms with van der Waals surface area (Å²) in [5.74, 6) is 1.46. The van der Waals surface area contributed by atoms with Crippen molar-refractivity contribution in [2.24, 2.45) is 17.6 Å². The van der Waals surface area contributed by atoms with Crippen molar-refractivity contribution in [3.63, 3.8) is 0 Å². The molecule has 1 aliphatic rings. The van der Waals surface area contributed by atoms with Gasteiger partial charge in [-0.3, -0.25) is 0 Å². The van der Waals surface area contributed by atoms with E-state index in [-0.39, 0.29) is 6.04 Å². The van der Waals surface area contributed by atoms with Gasteiger partial charge < -0.3 is 5.73 Å². The Balaban J connectivity index is 2.33. The highest BCUT2D eigenvalue weighted by molar-refractivity contribution is 5.40. The summed E-state index contributed by atoms with van der Waals surface area (Å²) in [7, 11) is 0. The van der Waals surface area contributed by atoms with Gasteiger partial charge in [0.05, 0.1) is 0 Å². The summed E-state index contributed by atoms with van der Waals surface area (Å²) < 4.78 is 0. The zero-order chi connectivity index (χ0) is 12.6. The Kier molecular flexibility index (Phi) is 3.58. The van der Waals surface area contributed by atoms with Crippen LogP contribution in [0.5, 0.6) is 0 Å². The second-order valence-electron chi connectivity index (χ2n) is 5.91. The van der Waals surface area contributed by atoms with E-state index in [2.05, 4.69) is 39.8 Å². The summed E-state index contributed by atoms with van der Waals surface area (Å²) in [6, 6.07) is 4.76. The highest BCUT2D eigenvalue weighted by atomic mass is 14.7. The molecule has 0 aliphatic heterocycles. The van der Waals surface area contributed by atoms with Gasteiger partial charge in [-0.1, -0.05) is 37.5 Å². The van der Waals surface area contributed by atoms with Gasteiger partial charge in [0.2, 0.25) is 0 Å². The Bertz CT molecular complexity index is 385. The summed E-state index contributed by atoms with van der Waals surface area (Å²) in [6.07, 6.45) is 4.00. The lowest BCUT2D eigenvalue weighted by molar-refractivity contribution is 0.349. The molecule has 2 N–H and O–H groups in total. The van der Waals surface area contributed by atoms with Crippen molar-refractivity contribution in [3.05, 3.63) is 34.4 Å². The van der Waals surface area contributed by atoms with Gasteiger partial charge in [-0.15, -0.1) is 0 Å². The van der Waals surface area contributed by atoms with E-state index in [1.165, 1.54) is 41.5 Å². The topological polar surface area (TPSA) is 26.0 Å². The normalized spacial score (nSPS) is 26.2. The van der Waals surface area contributed by atoms with Crippen LogP contribution in [0.4, 0.5) is 0 Å².